The molecule has 3 atom stereocenters. The van der Waals surface area contributed by atoms with Gasteiger partial charge in [-0.05, 0) is 42.7 Å². The fourth-order valence-corrected chi connectivity index (χ4v) is 3.01. The minimum atomic E-state index is 0.343. The minimum Gasteiger partial charge on any atom is -0.490 e. The maximum Gasteiger partial charge on any atom is 0.121 e. The standard InChI is InChI=1S/C16H25NO/c1-11(2)15-8-7-12(3)9-16(15)18-14-6-4-5-13(17)10-14/h4-6,10-12,15-16H,7-9,17H2,1-3H3. The molecule has 0 saturated heterocycles. The number of nitrogens with two attached hydrogens (primary N) is 1. The molecule has 1 aliphatic carbocycles. The zero-order valence-electron chi connectivity index (χ0n) is 11.7. The quantitative estimate of drug-likeness (QED) is 0.816. The molecule has 2 nitrogen and oxygen atoms in total. The summed E-state index contributed by atoms with van der Waals surface area (Å²) < 4.78 is 6.20. The third-order valence-electron chi connectivity index (χ3n) is 4.11. The highest BCUT2D eigenvalue weighted by Crippen LogP contribution is 2.36. The van der Waals surface area contributed by atoms with E-state index in [0.29, 0.717) is 17.9 Å². The van der Waals surface area contributed by atoms with Crippen LogP contribution < -0.4 is 10.5 Å². The average Bonchev–Trinajstić information content (AvgIpc) is 2.28. The normalized spacial score (nSPS) is 28.3. The van der Waals surface area contributed by atoms with Gasteiger partial charge in [0.2, 0.25) is 0 Å². The third kappa shape index (κ3) is 3.18. The Bertz CT molecular complexity index is 388. The Morgan fingerprint density at radius 3 is 2.72 bits per heavy atom. The zero-order chi connectivity index (χ0) is 13.1. The molecule has 100 valence electrons. The molecule has 0 spiro atoms. The molecule has 0 radical (unpaired) electrons. The van der Waals surface area contributed by atoms with Gasteiger partial charge in [-0.1, -0.05) is 33.3 Å². The van der Waals surface area contributed by atoms with Crippen LogP contribution in [-0.4, -0.2) is 6.10 Å². The van der Waals surface area contributed by atoms with Crippen LogP contribution in [0.25, 0.3) is 0 Å². The molecule has 2 N–H and O–H groups in total. The third-order valence-corrected chi connectivity index (χ3v) is 4.11. The van der Waals surface area contributed by atoms with Crippen LogP contribution in [0.3, 0.4) is 0 Å². The molecule has 0 aromatic heterocycles. The Morgan fingerprint density at radius 1 is 1.28 bits per heavy atom. The molecule has 0 heterocycles. The van der Waals surface area contributed by atoms with Crippen molar-refractivity contribution in [2.24, 2.45) is 17.8 Å². The van der Waals surface area contributed by atoms with Crippen molar-refractivity contribution in [3.8, 4) is 5.75 Å². The van der Waals surface area contributed by atoms with Crippen LogP contribution in [0.1, 0.15) is 40.0 Å². The van der Waals surface area contributed by atoms with Gasteiger partial charge in [0.25, 0.3) is 0 Å². The Morgan fingerprint density at radius 2 is 2.06 bits per heavy atom. The second-order valence-corrected chi connectivity index (χ2v) is 6.05. The molecule has 2 rings (SSSR count). The summed E-state index contributed by atoms with van der Waals surface area (Å²) in [5.74, 6) is 3.04. The van der Waals surface area contributed by atoms with Crippen LogP contribution in [0.5, 0.6) is 5.75 Å². The van der Waals surface area contributed by atoms with E-state index in [-0.39, 0.29) is 0 Å². The van der Waals surface area contributed by atoms with Gasteiger partial charge >= 0.3 is 0 Å². The number of benzene rings is 1. The number of anilines is 1. The maximum atomic E-state index is 6.20. The predicted molar refractivity (Wildman–Crippen MR) is 76.6 cm³/mol. The van der Waals surface area contributed by atoms with Crippen LogP contribution in [0.4, 0.5) is 5.69 Å². The molecular weight excluding hydrogens is 222 g/mol. The first kappa shape index (κ1) is 13.3. The highest BCUT2D eigenvalue weighted by Gasteiger charge is 2.32. The molecule has 1 aromatic carbocycles. The van der Waals surface area contributed by atoms with E-state index in [1.54, 1.807) is 0 Å². The van der Waals surface area contributed by atoms with E-state index in [2.05, 4.69) is 20.8 Å². The number of hydrogen-bond donors (Lipinski definition) is 1. The van der Waals surface area contributed by atoms with Crippen LogP contribution in [0, 0.1) is 17.8 Å². The van der Waals surface area contributed by atoms with Crippen LogP contribution in [0.15, 0.2) is 24.3 Å². The van der Waals surface area contributed by atoms with Gasteiger partial charge in [0.1, 0.15) is 11.9 Å². The van der Waals surface area contributed by atoms with Crippen LogP contribution in [-0.2, 0) is 0 Å². The van der Waals surface area contributed by atoms with Crippen molar-refractivity contribution in [3.05, 3.63) is 24.3 Å². The van der Waals surface area contributed by atoms with E-state index >= 15 is 0 Å². The number of ether oxygens (including phenoxy) is 1. The molecule has 1 aliphatic rings. The van der Waals surface area contributed by atoms with Crippen molar-refractivity contribution in [1.82, 2.24) is 0 Å². The highest BCUT2D eigenvalue weighted by molar-refractivity contribution is 5.43. The summed E-state index contributed by atoms with van der Waals surface area (Å²) >= 11 is 0. The fraction of sp³-hybridized carbons (Fsp3) is 0.625. The van der Waals surface area contributed by atoms with E-state index < -0.39 is 0 Å². The van der Waals surface area contributed by atoms with Gasteiger partial charge < -0.3 is 10.5 Å². The summed E-state index contributed by atoms with van der Waals surface area (Å²) in [7, 11) is 0. The molecule has 18 heavy (non-hydrogen) atoms. The second kappa shape index (κ2) is 5.64. The summed E-state index contributed by atoms with van der Waals surface area (Å²) in [5, 5.41) is 0. The molecule has 1 saturated carbocycles. The van der Waals surface area contributed by atoms with Gasteiger partial charge in [-0.25, -0.2) is 0 Å². The number of hydrogen-bond acceptors (Lipinski definition) is 2. The van der Waals surface area contributed by atoms with E-state index in [1.807, 2.05) is 24.3 Å². The molecule has 0 aliphatic heterocycles. The molecular formula is C16H25NO. The average molecular weight is 247 g/mol. The highest BCUT2D eigenvalue weighted by atomic mass is 16.5. The van der Waals surface area contributed by atoms with E-state index in [4.69, 9.17) is 10.5 Å². The van der Waals surface area contributed by atoms with E-state index in [1.165, 1.54) is 12.8 Å². The summed E-state index contributed by atoms with van der Waals surface area (Å²) in [6, 6.07) is 7.79. The molecule has 3 unspecified atom stereocenters. The molecule has 1 fully saturated rings. The SMILES string of the molecule is CC1CCC(C(C)C)C(Oc2cccc(N)c2)C1. The smallest absolute Gasteiger partial charge is 0.121 e. The largest absolute Gasteiger partial charge is 0.490 e. The summed E-state index contributed by atoms with van der Waals surface area (Å²) in [4.78, 5) is 0. The van der Waals surface area contributed by atoms with E-state index in [9.17, 15) is 0 Å². The van der Waals surface area contributed by atoms with Gasteiger partial charge in [-0.2, -0.15) is 0 Å². The molecule has 2 heteroatoms. The van der Waals surface area contributed by atoms with Gasteiger partial charge in [-0.3, -0.25) is 0 Å². The molecule has 0 bridgehead atoms. The van der Waals surface area contributed by atoms with Gasteiger partial charge in [0.05, 0.1) is 0 Å². The van der Waals surface area contributed by atoms with Crippen LogP contribution >= 0.6 is 0 Å². The van der Waals surface area contributed by atoms with Gasteiger partial charge in [-0.15, -0.1) is 0 Å². The topological polar surface area (TPSA) is 35.2 Å². The summed E-state index contributed by atoms with van der Waals surface area (Å²) in [6.07, 6.45) is 4.12. The predicted octanol–water partition coefficient (Wildman–Crippen LogP) is 4.11. The van der Waals surface area contributed by atoms with Crippen molar-refractivity contribution in [1.29, 1.82) is 0 Å². The summed E-state index contributed by atoms with van der Waals surface area (Å²) in [6.45, 7) is 6.93. The van der Waals surface area contributed by atoms with Crippen molar-refractivity contribution in [2.45, 2.75) is 46.1 Å². The van der Waals surface area contributed by atoms with Crippen LogP contribution in [0.2, 0.25) is 0 Å². The molecule has 0 amide bonds. The lowest BCUT2D eigenvalue weighted by Crippen LogP contribution is -2.36. The lowest BCUT2D eigenvalue weighted by molar-refractivity contribution is 0.0461. The first-order valence-electron chi connectivity index (χ1n) is 7.08. The van der Waals surface area contributed by atoms with Crippen molar-refractivity contribution in [2.75, 3.05) is 5.73 Å². The zero-order valence-corrected chi connectivity index (χ0v) is 11.7. The van der Waals surface area contributed by atoms with Crippen molar-refractivity contribution in [3.63, 3.8) is 0 Å². The fourth-order valence-electron chi connectivity index (χ4n) is 3.01. The van der Waals surface area contributed by atoms with Crippen molar-refractivity contribution < 1.29 is 4.74 Å². The van der Waals surface area contributed by atoms with Gasteiger partial charge in [0.15, 0.2) is 0 Å². The lowest BCUT2D eigenvalue weighted by atomic mass is 9.75. The van der Waals surface area contributed by atoms with Gasteiger partial charge in [0, 0.05) is 11.8 Å². The Balaban J connectivity index is 2.08. The Hall–Kier alpha value is -1.18. The lowest BCUT2D eigenvalue weighted by Gasteiger charge is -2.37. The first-order chi connectivity index (χ1) is 8.56. The minimum absolute atomic E-state index is 0.343. The Kier molecular flexibility index (Phi) is 4.15. The first-order valence-corrected chi connectivity index (χ1v) is 7.08. The second-order valence-electron chi connectivity index (χ2n) is 6.05. The summed E-state index contributed by atoms with van der Waals surface area (Å²) in [5.41, 5.74) is 6.58. The van der Waals surface area contributed by atoms with Crippen molar-refractivity contribution >= 4 is 5.69 Å². The molecule has 1 aromatic rings. The number of nitrogen functional groups attached to an aromatic ring is 1. The monoisotopic (exact) mass is 247 g/mol. The number of rotatable bonds is 3. The van der Waals surface area contributed by atoms with E-state index in [0.717, 1.165) is 23.8 Å². The maximum absolute atomic E-state index is 6.20. The Labute approximate surface area is 111 Å².